The lowest BCUT2D eigenvalue weighted by atomic mass is 10.1. The molecule has 1 aromatic carbocycles. The van der Waals surface area contributed by atoms with Crippen molar-refractivity contribution in [2.24, 2.45) is 5.92 Å². The molecule has 0 amide bonds. The van der Waals surface area contributed by atoms with Crippen molar-refractivity contribution in [3.05, 3.63) is 35.1 Å². The van der Waals surface area contributed by atoms with Crippen molar-refractivity contribution in [1.82, 2.24) is 5.32 Å². The predicted molar refractivity (Wildman–Crippen MR) is 60.1 cm³/mol. The maximum atomic E-state index is 13.7. The number of nitriles is 1. The van der Waals surface area contributed by atoms with E-state index in [4.69, 9.17) is 5.26 Å². The molecule has 16 heavy (non-hydrogen) atoms. The Balaban J connectivity index is 2.01. The molecule has 1 aromatic rings. The SMILES string of the molecule is CC(NCc1cccc(C#N)c1F)C1CC1. The zero-order valence-electron chi connectivity index (χ0n) is 9.33. The zero-order valence-corrected chi connectivity index (χ0v) is 9.33. The molecular formula is C13H15FN2. The smallest absolute Gasteiger partial charge is 0.145 e. The van der Waals surface area contributed by atoms with Gasteiger partial charge in [-0.1, -0.05) is 12.1 Å². The van der Waals surface area contributed by atoms with Gasteiger partial charge in [0.05, 0.1) is 5.56 Å². The van der Waals surface area contributed by atoms with E-state index >= 15 is 0 Å². The molecule has 84 valence electrons. The minimum absolute atomic E-state index is 0.123. The predicted octanol–water partition coefficient (Wildman–Crippen LogP) is 2.59. The van der Waals surface area contributed by atoms with Crippen molar-refractivity contribution in [3.63, 3.8) is 0 Å². The summed E-state index contributed by atoms with van der Waals surface area (Å²) in [6, 6.07) is 7.24. The van der Waals surface area contributed by atoms with Crippen molar-refractivity contribution in [1.29, 1.82) is 5.26 Å². The van der Waals surface area contributed by atoms with E-state index in [0.717, 1.165) is 5.92 Å². The molecule has 2 rings (SSSR count). The highest BCUT2D eigenvalue weighted by molar-refractivity contribution is 5.34. The highest BCUT2D eigenvalue weighted by Gasteiger charge is 2.27. The Morgan fingerprint density at radius 2 is 2.31 bits per heavy atom. The second-order valence-corrected chi connectivity index (χ2v) is 4.40. The van der Waals surface area contributed by atoms with Crippen LogP contribution in [0.25, 0.3) is 0 Å². The van der Waals surface area contributed by atoms with Crippen LogP contribution in [0.4, 0.5) is 4.39 Å². The average Bonchev–Trinajstić information content (AvgIpc) is 3.11. The maximum Gasteiger partial charge on any atom is 0.145 e. The first-order valence-electron chi connectivity index (χ1n) is 5.63. The summed E-state index contributed by atoms with van der Waals surface area (Å²) in [5.41, 5.74) is 0.699. The van der Waals surface area contributed by atoms with Crippen molar-refractivity contribution in [2.45, 2.75) is 32.4 Å². The molecule has 1 aliphatic carbocycles. The summed E-state index contributed by atoms with van der Waals surface area (Å²) in [5.74, 6) is 0.364. The summed E-state index contributed by atoms with van der Waals surface area (Å²) >= 11 is 0. The summed E-state index contributed by atoms with van der Waals surface area (Å²) < 4.78 is 13.7. The fraction of sp³-hybridized carbons (Fsp3) is 0.462. The van der Waals surface area contributed by atoms with Gasteiger partial charge < -0.3 is 5.32 Å². The maximum absolute atomic E-state index is 13.7. The molecule has 1 fully saturated rings. The van der Waals surface area contributed by atoms with Gasteiger partial charge in [0, 0.05) is 18.2 Å². The first-order valence-corrected chi connectivity index (χ1v) is 5.63. The molecular weight excluding hydrogens is 203 g/mol. The van der Waals surface area contributed by atoms with E-state index in [1.54, 1.807) is 12.1 Å². The van der Waals surface area contributed by atoms with Gasteiger partial charge in [-0.05, 0) is 31.7 Å². The molecule has 1 aliphatic rings. The van der Waals surface area contributed by atoms with Gasteiger partial charge in [0.15, 0.2) is 0 Å². The van der Waals surface area contributed by atoms with Crippen LogP contribution in [0.1, 0.15) is 30.9 Å². The van der Waals surface area contributed by atoms with Crippen LogP contribution in [0.15, 0.2) is 18.2 Å². The molecule has 0 aromatic heterocycles. The Morgan fingerprint density at radius 1 is 1.56 bits per heavy atom. The highest BCUT2D eigenvalue weighted by atomic mass is 19.1. The number of rotatable bonds is 4. The first kappa shape index (κ1) is 11.1. The van der Waals surface area contributed by atoms with E-state index in [0.29, 0.717) is 18.2 Å². The molecule has 1 saturated carbocycles. The molecule has 2 nitrogen and oxygen atoms in total. The van der Waals surface area contributed by atoms with Gasteiger partial charge in [0.2, 0.25) is 0 Å². The quantitative estimate of drug-likeness (QED) is 0.843. The van der Waals surface area contributed by atoms with E-state index in [9.17, 15) is 4.39 Å². The van der Waals surface area contributed by atoms with Crippen LogP contribution in [0.3, 0.4) is 0 Å². The first-order chi connectivity index (χ1) is 7.72. The van der Waals surface area contributed by atoms with E-state index in [-0.39, 0.29) is 11.4 Å². The number of nitrogens with zero attached hydrogens (tertiary/aromatic N) is 1. The highest BCUT2D eigenvalue weighted by Crippen LogP contribution is 2.32. The van der Waals surface area contributed by atoms with Gasteiger partial charge in [-0.25, -0.2) is 4.39 Å². The third-order valence-electron chi connectivity index (χ3n) is 3.14. The largest absolute Gasteiger partial charge is 0.310 e. The summed E-state index contributed by atoms with van der Waals surface area (Å²) in [7, 11) is 0. The van der Waals surface area contributed by atoms with Gasteiger partial charge in [-0.15, -0.1) is 0 Å². The minimum atomic E-state index is -0.388. The topological polar surface area (TPSA) is 35.8 Å². The van der Waals surface area contributed by atoms with Crippen LogP contribution in [0, 0.1) is 23.1 Å². The molecule has 1 atom stereocenters. The average molecular weight is 218 g/mol. The summed E-state index contributed by atoms with van der Waals surface area (Å²) in [5, 5.41) is 12.0. The standard InChI is InChI=1S/C13H15FN2/c1-9(10-5-6-10)16-8-12-4-2-3-11(7-15)13(12)14/h2-4,9-10,16H,5-6,8H2,1H3. The lowest BCUT2D eigenvalue weighted by molar-refractivity contribution is 0.485. The Morgan fingerprint density at radius 3 is 2.94 bits per heavy atom. The van der Waals surface area contributed by atoms with Crippen LogP contribution in [0.5, 0.6) is 0 Å². The lowest BCUT2D eigenvalue weighted by Gasteiger charge is -2.13. The summed E-state index contributed by atoms with van der Waals surface area (Å²) in [4.78, 5) is 0. The van der Waals surface area contributed by atoms with Gasteiger partial charge in [-0.3, -0.25) is 0 Å². The van der Waals surface area contributed by atoms with Crippen LogP contribution < -0.4 is 5.32 Å². The number of halogens is 1. The molecule has 0 saturated heterocycles. The van der Waals surface area contributed by atoms with Gasteiger partial charge >= 0.3 is 0 Å². The van der Waals surface area contributed by atoms with Crippen LogP contribution in [0.2, 0.25) is 0 Å². The fourth-order valence-electron chi connectivity index (χ4n) is 1.84. The molecule has 0 spiro atoms. The molecule has 0 bridgehead atoms. The Labute approximate surface area is 95.1 Å². The third-order valence-corrected chi connectivity index (χ3v) is 3.14. The van der Waals surface area contributed by atoms with E-state index < -0.39 is 0 Å². The van der Waals surface area contributed by atoms with Crippen molar-refractivity contribution < 1.29 is 4.39 Å². The molecule has 1 unspecified atom stereocenters. The van der Waals surface area contributed by atoms with Crippen LogP contribution in [-0.2, 0) is 6.54 Å². The number of benzene rings is 1. The minimum Gasteiger partial charge on any atom is -0.310 e. The number of nitrogens with one attached hydrogen (secondary N) is 1. The van der Waals surface area contributed by atoms with Crippen molar-refractivity contribution in [2.75, 3.05) is 0 Å². The normalized spacial score (nSPS) is 16.8. The van der Waals surface area contributed by atoms with Crippen LogP contribution in [-0.4, -0.2) is 6.04 Å². The Bertz CT molecular complexity index is 418. The van der Waals surface area contributed by atoms with Gasteiger partial charge in [0.1, 0.15) is 11.9 Å². The van der Waals surface area contributed by atoms with Crippen molar-refractivity contribution in [3.8, 4) is 6.07 Å². The van der Waals surface area contributed by atoms with Crippen molar-refractivity contribution >= 4 is 0 Å². The summed E-state index contributed by atoms with van der Waals surface area (Å²) in [6.45, 7) is 2.63. The second kappa shape index (κ2) is 4.63. The van der Waals surface area contributed by atoms with E-state index in [2.05, 4.69) is 12.2 Å². The van der Waals surface area contributed by atoms with Gasteiger partial charge in [0.25, 0.3) is 0 Å². The monoisotopic (exact) mass is 218 g/mol. The fourth-order valence-corrected chi connectivity index (χ4v) is 1.84. The molecule has 1 N–H and O–H groups in total. The van der Waals surface area contributed by atoms with Crippen LogP contribution >= 0.6 is 0 Å². The zero-order chi connectivity index (χ0) is 11.5. The molecule has 0 radical (unpaired) electrons. The molecule has 0 heterocycles. The second-order valence-electron chi connectivity index (χ2n) is 4.40. The Kier molecular flexibility index (Phi) is 3.21. The van der Waals surface area contributed by atoms with Gasteiger partial charge in [-0.2, -0.15) is 5.26 Å². The molecule has 3 heteroatoms. The molecule has 0 aliphatic heterocycles. The number of hydrogen-bond donors (Lipinski definition) is 1. The number of hydrogen-bond acceptors (Lipinski definition) is 2. The van der Waals surface area contributed by atoms with E-state index in [1.165, 1.54) is 18.9 Å². The van der Waals surface area contributed by atoms with E-state index in [1.807, 2.05) is 6.07 Å². The summed E-state index contributed by atoms with van der Waals surface area (Å²) in [6.07, 6.45) is 2.55. The Hall–Kier alpha value is -1.40. The lowest BCUT2D eigenvalue weighted by Crippen LogP contribution is -2.27. The third kappa shape index (κ3) is 2.40.